The van der Waals surface area contributed by atoms with Crippen molar-refractivity contribution in [2.24, 2.45) is 5.84 Å². The zero-order valence-electron chi connectivity index (χ0n) is 16.7. The number of hydrogen-bond donors (Lipinski definition) is 3. The Kier molecular flexibility index (Phi) is 8.27. The maximum atomic E-state index is 10.8. The van der Waals surface area contributed by atoms with Crippen molar-refractivity contribution in [2.45, 2.75) is 13.5 Å². The van der Waals surface area contributed by atoms with Gasteiger partial charge in [-0.25, -0.2) is 10.8 Å². The summed E-state index contributed by atoms with van der Waals surface area (Å²) in [4.78, 5) is 23.8. The lowest BCUT2D eigenvalue weighted by molar-refractivity contribution is -0.384. The summed E-state index contributed by atoms with van der Waals surface area (Å²) < 4.78 is 5.88. The first-order chi connectivity index (χ1) is 14.5. The molecule has 0 saturated heterocycles. The Balaban J connectivity index is 0.000000735. The fourth-order valence-corrected chi connectivity index (χ4v) is 2.68. The maximum Gasteiger partial charge on any atom is 0.269 e. The molecule has 3 rings (SSSR count). The minimum atomic E-state index is -0.418. The lowest BCUT2D eigenvalue weighted by Gasteiger charge is -2.13. The molecule has 0 aliphatic rings. The minimum Gasteiger partial charge on any atom is -0.473 e. The molecule has 1 amide bonds. The van der Waals surface area contributed by atoms with Crippen LogP contribution in [0.5, 0.6) is 5.88 Å². The quantitative estimate of drug-likeness (QED) is 0.179. The number of pyridine rings is 1. The molecule has 0 radical (unpaired) electrons. The van der Waals surface area contributed by atoms with E-state index in [1.807, 2.05) is 44.3 Å². The van der Waals surface area contributed by atoms with Gasteiger partial charge in [-0.05, 0) is 36.8 Å². The fraction of sp³-hybridized carbons (Fsp3) is 0.143. The van der Waals surface area contributed by atoms with Crippen molar-refractivity contribution in [3.05, 3.63) is 81.9 Å². The number of non-ortho nitro benzene ring substituents is 1. The van der Waals surface area contributed by atoms with Gasteiger partial charge in [0.25, 0.3) is 5.69 Å². The zero-order chi connectivity index (χ0) is 21.9. The number of hydrogen-bond acceptors (Lipinski definition) is 7. The molecule has 0 saturated carbocycles. The average Bonchev–Trinajstić information content (AvgIpc) is 2.78. The SMILES string of the molecule is CNc1cccc(C)c1COc1cccc(-c2ccc([N+](=O)[O-])cc2)n1.NNC=O. The highest BCUT2D eigenvalue weighted by molar-refractivity contribution is 5.61. The standard InChI is InChI=1S/C20H19N3O3.CH4N2O/c1-14-5-3-7-19(21-2)17(14)13-26-20-8-4-6-18(22-20)15-9-11-16(12-10-15)23(24)25;2-3-1-4/h3-12,21H,13H2,1-2H3;1H,2H2,(H,3,4). The number of aryl methyl sites for hydroxylation is 1. The summed E-state index contributed by atoms with van der Waals surface area (Å²) in [6.45, 7) is 2.44. The topological polar surface area (TPSA) is 132 Å². The van der Waals surface area contributed by atoms with E-state index in [4.69, 9.17) is 9.53 Å². The molecule has 156 valence electrons. The molecule has 2 aromatic carbocycles. The number of nitrogens with zero attached hydrogens (tertiary/aromatic N) is 2. The maximum absolute atomic E-state index is 10.8. The number of nitro groups is 1. The van der Waals surface area contributed by atoms with E-state index in [0.29, 0.717) is 24.6 Å². The van der Waals surface area contributed by atoms with E-state index in [0.717, 1.165) is 22.4 Å². The van der Waals surface area contributed by atoms with Crippen LogP contribution in [0.25, 0.3) is 11.3 Å². The number of nitrogens with two attached hydrogens (primary N) is 1. The van der Waals surface area contributed by atoms with E-state index in [-0.39, 0.29) is 5.69 Å². The van der Waals surface area contributed by atoms with E-state index in [2.05, 4.69) is 16.1 Å². The normalized spacial score (nSPS) is 9.70. The predicted octanol–water partition coefficient (Wildman–Crippen LogP) is 3.19. The number of anilines is 1. The van der Waals surface area contributed by atoms with Gasteiger partial charge >= 0.3 is 0 Å². The van der Waals surface area contributed by atoms with Crippen molar-refractivity contribution in [2.75, 3.05) is 12.4 Å². The van der Waals surface area contributed by atoms with Crippen molar-refractivity contribution in [1.82, 2.24) is 10.4 Å². The fourth-order valence-electron chi connectivity index (χ4n) is 2.68. The van der Waals surface area contributed by atoms with Crippen molar-refractivity contribution in [3.63, 3.8) is 0 Å². The second kappa shape index (κ2) is 11.1. The largest absolute Gasteiger partial charge is 0.473 e. The molecule has 0 fully saturated rings. The number of nitrogens with one attached hydrogen (secondary N) is 2. The molecular formula is C21H23N5O4. The number of carbonyl (C=O) groups excluding carboxylic acids is 1. The number of aromatic nitrogens is 1. The number of ether oxygens (including phenoxy) is 1. The van der Waals surface area contributed by atoms with Gasteiger partial charge in [0.2, 0.25) is 12.3 Å². The van der Waals surface area contributed by atoms with Crippen LogP contribution >= 0.6 is 0 Å². The first-order valence-electron chi connectivity index (χ1n) is 9.00. The van der Waals surface area contributed by atoms with Gasteiger partial charge in [0.15, 0.2) is 0 Å². The van der Waals surface area contributed by atoms with E-state index in [1.165, 1.54) is 12.1 Å². The third kappa shape index (κ3) is 6.01. The average molecular weight is 409 g/mol. The Morgan fingerprint density at radius 1 is 1.13 bits per heavy atom. The number of carbonyl (C=O) groups is 1. The van der Waals surface area contributed by atoms with Gasteiger partial charge in [0.1, 0.15) is 6.61 Å². The highest BCUT2D eigenvalue weighted by atomic mass is 16.6. The molecule has 0 aliphatic carbocycles. The number of amides is 1. The van der Waals surface area contributed by atoms with Gasteiger partial charge in [0.05, 0.1) is 10.6 Å². The van der Waals surface area contributed by atoms with Crippen LogP contribution in [0.1, 0.15) is 11.1 Å². The van der Waals surface area contributed by atoms with Crippen molar-refractivity contribution in [3.8, 4) is 17.1 Å². The lowest BCUT2D eigenvalue weighted by atomic mass is 10.1. The van der Waals surface area contributed by atoms with E-state index in [1.54, 1.807) is 23.6 Å². The smallest absolute Gasteiger partial charge is 0.269 e. The van der Waals surface area contributed by atoms with Crippen molar-refractivity contribution >= 4 is 17.8 Å². The van der Waals surface area contributed by atoms with Crippen LogP contribution < -0.4 is 21.3 Å². The first-order valence-corrected chi connectivity index (χ1v) is 9.00. The number of rotatable bonds is 7. The van der Waals surface area contributed by atoms with Crippen LogP contribution in [0.3, 0.4) is 0 Å². The van der Waals surface area contributed by atoms with Crippen molar-refractivity contribution in [1.29, 1.82) is 0 Å². The molecule has 9 heteroatoms. The van der Waals surface area contributed by atoms with Crippen LogP contribution in [0.15, 0.2) is 60.7 Å². The van der Waals surface area contributed by atoms with Crippen LogP contribution in [-0.2, 0) is 11.4 Å². The Labute approximate surface area is 174 Å². The zero-order valence-corrected chi connectivity index (χ0v) is 16.7. The summed E-state index contributed by atoms with van der Waals surface area (Å²) in [7, 11) is 1.88. The third-order valence-corrected chi connectivity index (χ3v) is 4.21. The van der Waals surface area contributed by atoms with E-state index in [9.17, 15) is 10.1 Å². The number of hydrazine groups is 1. The minimum absolute atomic E-state index is 0.0558. The lowest BCUT2D eigenvalue weighted by Crippen LogP contribution is -2.18. The molecule has 0 bridgehead atoms. The summed E-state index contributed by atoms with van der Waals surface area (Å²) in [5.41, 5.74) is 6.56. The second-order valence-corrected chi connectivity index (χ2v) is 6.09. The number of nitro benzene ring substituents is 1. The summed E-state index contributed by atoms with van der Waals surface area (Å²) in [6.07, 6.45) is 0.403. The molecule has 0 atom stereocenters. The highest BCUT2D eigenvalue weighted by Gasteiger charge is 2.09. The molecule has 1 heterocycles. The first kappa shape index (κ1) is 22.3. The van der Waals surface area contributed by atoms with Gasteiger partial charge < -0.3 is 10.1 Å². The molecule has 1 aromatic heterocycles. The summed E-state index contributed by atoms with van der Waals surface area (Å²) in [5, 5.41) is 13.9. The van der Waals surface area contributed by atoms with Crippen LogP contribution in [0.2, 0.25) is 0 Å². The third-order valence-electron chi connectivity index (χ3n) is 4.21. The highest BCUT2D eigenvalue weighted by Crippen LogP contribution is 2.24. The van der Waals surface area contributed by atoms with E-state index >= 15 is 0 Å². The van der Waals surface area contributed by atoms with Crippen LogP contribution in [-0.4, -0.2) is 23.4 Å². The van der Waals surface area contributed by atoms with Crippen LogP contribution in [0, 0.1) is 17.0 Å². The summed E-state index contributed by atoms with van der Waals surface area (Å²) >= 11 is 0. The van der Waals surface area contributed by atoms with E-state index < -0.39 is 4.92 Å². The Morgan fingerprint density at radius 3 is 2.40 bits per heavy atom. The summed E-state index contributed by atoms with van der Waals surface area (Å²) in [5.74, 6) is 4.92. The molecule has 3 aromatic rings. The van der Waals surface area contributed by atoms with Gasteiger partial charge in [0, 0.05) is 42.1 Å². The molecular weight excluding hydrogens is 386 g/mol. The Morgan fingerprint density at radius 2 is 1.80 bits per heavy atom. The van der Waals surface area contributed by atoms with Gasteiger partial charge in [-0.2, -0.15) is 0 Å². The second-order valence-electron chi connectivity index (χ2n) is 6.09. The van der Waals surface area contributed by atoms with Gasteiger partial charge in [-0.1, -0.05) is 18.2 Å². The van der Waals surface area contributed by atoms with Crippen LogP contribution in [0.4, 0.5) is 11.4 Å². The molecule has 9 nitrogen and oxygen atoms in total. The Bertz CT molecular complexity index is 993. The molecule has 0 aliphatic heterocycles. The Hall–Kier alpha value is -3.98. The summed E-state index contributed by atoms with van der Waals surface area (Å²) in [6, 6.07) is 17.9. The van der Waals surface area contributed by atoms with Gasteiger partial charge in [-0.3, -0.25) is 20.3 Å². The molecule has 4 N–H and O–H groups in total. The predicted molar refractivity (Wildman–Crippen MR) is 115 cm³/mol. The molecule has 30 heavy (non-hydrogen) atoms. The molecule has 0 spiro atoms. The van der Waals surface area contributed by atoms with Crippen molar-refractivity contribution < 1.29 is 14.5 Å². The van der Waals surface area contributed by atoms with Gasteiger partial charge in [-0.15, -0.1) is 0 Å². The molecule has 0 unspecified atom stereocenters. The number of benzene rings is 2. The monoisotopic (exact) mass is 409 g/mol.